The van der Waals surface area contributed by atoms with Crippen molar-refractivity contribution in [3.05, 3.63) is 29.3 Å². The Morgan fingerprint density at radius 3 is 2.76 bits per heavy atom. The summed E-state index contributed by atoms with van der Waals surface area (Å²) in [7, 11) is 1.74. The van der Waals surface area contributed by atoms with Crippen LogP contribution in [0.25, 0.3) is 0 Å². The molecule has 0 heterocycles. The van der Waals surface area contributed by atoms with Crippen molar-refractivity contribution in [2.75, 3.05) is 7.11 Å². The van der Waals surface area contributed by atoms with E-state index in [0.29, 0.717) is 11.3 Å². The van der Waals surface area contributed by atoms with E-state index in [-0.39, 0.29) is 0 Å². The van der Waals surface area contributed by atoms with Gasteiger partial charge in [-0.25, -0.2) is 0 Å². The lowest BCUT2D eigenvalue weighted by molar-refractivity contribution is 0.354. The third-order valence-electron chi connectivity index (χ3n) is 3.73. The normalized spacial score (nSPS) is 24.6. The number of alkyl halides is 1. The summed E-state index contributed by atoms with van der Waals surface area (Å²) in [5, 5.41) is 0.342. The fourth-order valence-corrected chi connectivity index (χ4v) is 3.11. The zero-order valence-electron chi connectivity index (χ0n) is 10.7. The molecule has 1 fully saturated rings. The van der Waals surface area contributed by atoms with Gasteiger partial charge in [0.15, 0.2) is 0 Å². The molecule has 1 nitrogen and oxygen atoms in total. The average molecular weight is 253 g/mol. The van der Waals surface area contributed by atoms with Crippen LogP contribution < -0.4 is 4.74 Å². The fourth-order valence-electron chi connectivity index (χ4n) is 2.74. The number of methoxy groups -OCH3 is 1. The van der Waals surface area contributed by atoms with Crippen molar-refractivity contribution in [1.29, 1.82) is 0 Å². The molecule has 94 valence electrons. The topological polar surface area (TPSA) is 9.23 Å². The molecule has 0 radical (unpaired) electrons. The Morgan fingerprint density at radius 1 is 1.29 bits per heavy atom. The van der Waals surface area contributed by atoms with Crippen LogP contribution in [0.15, 0.2) is 18.2 Å². The number of rotatable bonds is 3. The van der Waals surface area contributed by atoms with E-state index in [2.05, 4.69) is 25.1 Å². The molecule has 1 aromatic rings. The maximum Gasteiger partial charge on any atom is 0.122 e. The summed E-state index contributed by atoms with van der Waals surface area (Å²) >= 11 is 6.43. The van der Waals surface area contributed by atoms with E-state index in [1.165, 1.54) is 36.8 Å². The number of benzene rings is 1. The highest BCUT2D eigenvalue weighted by Crippen LogP contribution is 2.33. The largest absolute Gasteiger partial charge is 0.496 e. The Hall–Kier alpha value is -0.690. The first-order valence-corrected chi connectivity index (χ1v) is 6.92. The highest BCUT2D eigenvalue weighted by Gasteiger charge is 2.24. The summed E-state index contributed by atoms with van der Waals surface area (Å²) in [5.74, 6) is 1.62. The quantitative estimate of drug-likeness (QED) is 0.727. The molecule has 0 bridgehead atoms. The summed E-state index contributed by atoms with van der Waals surface area (Å²) in [6.45, 7) is 2.13. The van der Waals surface area contributed by atoms with Crippen LogP contribution in [0.1, 0.15) is 36.8 Å². The molecule has 0 amide bonds. The van der Waals surface area contributed by atoms with Gasteiger partial charge in [-0.2, -0.15) is 0 Å². The maximum atomic E-state index is 6.43. The highest BCUT2D eigenvalue weighted by molar-refractivity contribution is 6.20. The minimum absolute atomic E-state index is 0.342. The van der Waals surface area contributed by atoms with Gasteiger partial charge in [0.1, 0.15) is 5.75 Å². The minimum Gasteiger partial charge on any atom is -0.496 e. The zero-order valence-corrected chi connectivity index (χ0v) is 11.5. The van der Waals surface area contributed by atoms with Gasteiger partial charge in [0.25, 0.3) is 0 Å². The van der Waals surface area contributed by atoms with E-state index >= 15 is 0 Å². The molecule has 0 saturated heterocycles. The number of hydrogen-bond acceptors (Lipinski definition) is 1. The Bertz CT molecular complexity index is 375. The van der Waals surface area contributed by atoms with Gasteiger partial charge in [-0.1, -0.05) is 30.5 Å². The minimum atomic E-state index is 0.342. The van der Waals surface area contributed by atoms with Gasteiger partial charge in [0, 0.05) is 5.38 Å². The third-order valence-corrected chi connectivity index (χ3v) is 4.31. The van der Waals surface area contributed by atoms with Gasteiger partial charge >= 0.3 is 0 Å². The molecule has 2 heteroatoms. The number of ether oxygens (including phenoxy) is 1. The zero-order chi connectivity index (χ0) is 12.3. The lowest BCUT2D eigenvalue weighted by Crippen LogP contribution is -2.22. The second kappa shape index (κ2) is 5.77. The molecule has 0 spiro atoms. The molecule has 2 rings (SSSR count). The average Bonchev–Trinajstić information content (AvgIpc) is 2.32. The van der Waals surface area contributed by atoms with Gasteiger partial charge < -0.3 is 4.74 Å². The lowest BCUT2D eigenvalue weighted by Gasteiger charge is -2.27. The molecule has 1 saturated carbocycles. The predicted octanol–water partition coefficient (Wildman–Crippen LogP) is 4.34. The van der Waals surface area contributed by atoms with Gasteiger partial charge in [-0.15, -0.1) is 11.6 Å². The molecule has 1 aromatic carbocycles. The van der Waals surface area contributed by atoms with Gasteiger partial charge in [-0.05, 0) is 43.7 Å². The third kappa shape index (κ3) is 3.16. The van der Waals surface area contributed by atoms with Gasteiger partial charge in [0.05, 0.1) is 7.11 Å². The van der Waals surface area contributed by atoms with E-state index in [4.69, 9.17) is 16.3 Å². The molecule has 1 aliphatic rings. The smallest absolute Gasteiger partial charge is 0.122 e. The first kappa shape index (κ1) is 12.8. The lowest BCUT2D eigenvalue weighted by atomic mass is 9.84. The van der Waals surface area contributed by atoms with E-state index in [9.17, 15) is 0 Å². The molecule has 1 aliphatic carbocycles. The van der Waals surface area contributed by atoms with Gasteiger partial charge in [0.2, 0.25) is 0 Å². The second-order valence-corrected chi connectivity index (χ2v) is 5.64. The monoisotopic (exact) mass is 252 g/mol. The SMILES string of the molecule is COc1ccc(C)cc1CC1CCCCC1Cl. The van der Waals surface area contributed by atoms with Crippen molar-refractivity contribution in [3.8, 4) is 5.75 Å². The highest BCUT2D eigenvalue weighted by atomic mass is 35.5. The number of aryl methyl sites for hydroxylation is 1. The first-order chi connectivity index (χ1) is 8.20. The molecule has 0 N–H and O–H groups in total. The van der Waals surface area contributed by atoms with Crippen LogP contribution in [0.2, 0.25) is 0 Å². The predicted molar refractivity (Wildman–Crippen MR) is 73.0 cm³/mol. The summed E-state index contributed by atoms with van der Waals surface area (Å²) < 4.78 is 5.43. The summed E-state index contributed by atoms with van der Waals surface area (Å²) in [6, 6.07) is 6.40. The van der Waals surface area contributed by atoms with Gasteiger partial charge in [-0.3, -0.25) is 0 Å². The molecule has 0 aromatic heterocycles. The van der Waals surface area contributed by atoms with Crippen LogP contribution in [0, 0.1) is 12.8 Å². The van der Waals surface area contributed by atoms with Crippen molar-refractivity contribution in [1.82, 2.24) is 0 Å². The molecular weight excluding hydrogens is 232 g/mol. The molecule has 0 aliphatic heterocycles. The summed E-state index contributed by atoms with van der Waals surface area (Å²) in [6.07, 6.45) is 6.09. The van der Waals surface area contributed by atoms with E-state index in [1.807, 2.05) is 0 Å². The first-order valence-electron chi connectivity index (χ1n) is 6.48. The van der Waals surface area contributed by atoms with E-state index < -0.39 is 0 Å². The van der Waals surface area contributed by atoms with Crippen molar-refractivity contribution < 1.29 is 4.74 Å². The maximum absolute atomic E-state index is 6.43. The van der Waals surface area contributed by atoms with Crippen LogP contribution in [0.3, 0.4) is 0 Å². The van der Waals surface area contributed by atoms with E-state index in [1.54, 1.807) is 7.11 Å². The Kier molecular flexibility index (Phi) is 4.33. The van der Waals surface area contributed by atoms with Crippen LogP contribution >= 0.6 is 11.6 Å². The second-order valence-electron chi connectivity index (χ2n) is 5.08. The van der Waals surface area contributed by atoms with Crippen LogP contribution in [0.5, 0.6) is 5.75 Å². The fraction of sp³-hybridized carbons (Fsp3) is 0.600. The van der Waals surface area contributed by atoms with Crippen LogP contribution in [0.4, 0.5) is 0 Å². The Balaban J connectivity index is 2.13. The van der Waals surface area contributed by atoms with Crippen LogP contribution in [-0.2, 0) is 6.42 Å². The summed E-state index contributed by atoms with van der Waals surface area (Å²) in [4.78, 5) is 0. The number of halogens is 1. The number of hydrogen-bond donors (Lipinski definition) is 0. The molecular formula is C15H21ClO. The molecule has 2 unspecified atom stereocenters. The van der Waals surface area contributed by atoms with Crippen molar-refractivity contribution >= 4 is 11.6 Å². The van der Waals surface area contributed by atoms with Crippen molar-refractivity contribution in [2.24, 2.45) is 5.92 Å². The summed E-state index contributed by atoms with van der Waals surface area (Å²) in [5.41, 5.74) is 2.60. The Labute approximate surface area is 109 Å². The molecule has 17 heavy (non-hydrogen) atoms. The van der Waals surface area contributed by atoms with Crippen molar-refractivity contribution in [3.63, 3.8) is 0 Å². The Morgan fingerprint density at radius 2 is 2.06 bits per heavy atom. The molecule has 2 atom stereocenters. The van der Waals surface area contributed by atoms with E-state index in [0.717, 1.165) is 12.2 Å². The standard InChI is InChI=1S/C15H21ClO/c1-11-7-8-15(17-2)13(9-11)10-12-5-3-4-6-14(12)16/h7-9,12,14H,3-6,10H2,1-2H3. The van der Waals surface area contributed by atoms with Crippen molar-refractivity contribution in [2.45, 2.75) is 44.4 Å². The van der Waals surface area contributed by atoms with Crippen LogP contribution in [-0.4, -0.2) is 12.5 Å².